The van der Waals surface area contributed by atoms with Crippen molar-refractivity contribution in [3.05, 3.63) is 13.2 Å². The number of hydrogen-bond acceptors (Lipinski definition) is 4. The van der Waals surface area contributed by atoms with Crippen molar-refractivity contribution in [2.24, 2.45) is 5.73 Å². The lowest BCUT2D eigenvalue weighted by Gasteiger charge is -2.01. The van der Waals surface area contributed by atoms with E-state index in [0.717, 1.165) is 19.3 Å². The molecule has 2 N–H and O–H groups in total. The highest BCUT2D eigenvalue weighted by molar-refractivity contribution is 5.86. The molecule has 0 atom stereocenters. The minimum atomic E-state index is -0.649. The number of carbonyl (C=O) groups is 2. The predicted molar refractivity (Wildman–Crippen MR) is 64.8 cm³/mol. The van der Waals surface area contributed by atoms with E-state index in [1.54, 1.807) is 0 Å². The van der Waals surface area contributed by atoms with Crippen LogP contribution in [0.1, 0.15) is 45.4 Å². The number of esters is 2. The summed E-state index contributed by atoms with van der Waals surface area (Å²) in [6, 6.07) is 0. The van der Waals surface area contributed by atoms with E-state index < -0.39 is 11.9 Å². The third kappa shape index (κ3) is 12.8. The molecule has 0 saturated carbocycles. The van der Waals surface area contributed by atoms with Gasteiger partial charge >= 0.3 is 11.9 Å². The van der Waals surface area contributed by atoms with Crippen LogP contribution in [0.2, 0.25) is 0 Å². The summed E-state index contributed by atoms with van der Waals surface area (Å²) in [7, 11) is 0. The van der Waals surface area contributed by atoms with Gasteiger partial charge in [-0.3, -0.25) is 9.59 Å². The van der Waals surface area contributed by atoms with E-state index in [4.69, 9.17) is 5.73 Å². The molecule has 0 aromatic rings. The molecule has 16 heavy (non-hydrogen) atoms. The van der Waals surface area contributed by atoms with Crippen molar-refractivity contribution in [3.63, 3.8) is 0 Å². The Balaban J connectivity index is 0. The van der Waals surface area contributed by atoms with Crippen LogP contribution in [0.5, 0.6) is 0 Å². The predicted octanol–water partition coefficient (Wildman–Crippen LogP) is 2.18. The number of nitrogens with two attached hydrogens (primary N) is 1. The van der Waals surface area contributed by atoms with Gasteiger partial charge in [0.1, 0.15) is 0 Å². The summed E-state index contributed by atoms with van der Waals surface area (Å²) < 4.78 is 4.40. The van der Waals surface area contributed by atoms with Crippen LogP contribution in [0, 0.1) is 0 Å². The molecule has 0 fully saturated rings. The van der Waals surface area contributed by atoms with Gasteiger partial charge in [-0.05, 0) is 6.42 Å². The lowest BCUT2D eigenvalue weighted by molar-refractivity contribution is -0.158. The van der Waals surface area contributed by atoms with E-state index in [2.05, 4.69) is 24.8 Å². The summed E-state index contributed by atoms with van der Waals surface area (Å²) in [5, 5.41) is 0. The number of unbranched alkanes of at least 4 members (excludes halogenated alkanes) is 4. The zero-order valence-corrected chi connectivity index (χ0v) is 10.2. The van der Waals surface area contributed by atoms with Crippen molar-refractivity contribution in [2.45, 2.75) is 45.4 Å². The molecule has 0 saturated heterocycles. The summed E-state index contributed by atoms with van der Waals surface area (Å²) in [6.07, 6.45) is 5.62. The minimum absolute atomic E-state index is 0.235. The molecule has 0 spiro atoms. The van der Waals surface area contributed by atoms with Crippen molar-refractivity contribution < 1.29 is 14.3 Å². The van der Waals surface area contributed by atoms with Gasteiger partial charge in [-0.25, -0.2) is 0 Å². The molecule has 94 valence electrons. The summed E-state index contributed by atoms with van der Waals surface area (Å²) in [5.74, 6) is -1.11. The van der Waals surface area contributed by atoms with Crippen molar-refractivity contribution in [3.8, 4) is 0 Å². The molecular weight excluding hydrogens is 206 g/mol. The lowest BCUT2D eigenvalue weighted by atomic mass is 10.1. The highest BCUT2D eigenvalue weighted by atomic mass is 16.6. The van der Waals surface area contributed by atoms with Crippen LogP contribution in [-0.2, 0) is 14.3 Å². The van der Waals surface area contributed by atoms with Gasteiger partial charge < -0.3 is 10.5 Å². The average molecular weight is 229 g/mol. The quantitative estimate of drug-likeness (QED) is 0.314. The lowest BCUT2D eigenvalue weighted by Crippen LogP contribution is -2.20. The van der Waals surface area contributed by atoms with Crippen LogP contribution in [0.15, 0.2) is 13.2 Å². The molecule has 0 aromatic heterocycles. The van der Waals surface area contributed by atoms with Crippen LogP contribution in [-0.4, -0.2) is 18.5 Å². The minimum Gasteiger partial charge on any atom is -0.392 e. The second-order valence-electron chi connectivity index (χ2n) is 3.21. The van der Waals surface area contributed by atoms with Gasteiger partial charge in [0.25, 0.3) is 0 Å². The molecular formula is C12H23NO3. The van der Waals surface area contributed by atoms with Crippen molar-refractivity contribution >= 4 is 11.9 Å². The number of carbonyl (C=O) groups excluding carboxylic acids is 2. The maximum absolute atomic E-state index is 10.9. The molecule has 0 bridgehead atoms. The number of hydrogen-bond donors (Lipinski definition) is 1. The van der Waals surface area contributed by atoms with Crippen molar-refractivity contribution in [2.75, 3.05) is 6.54 Å². The molecule has 0 aliphatic carbocycles. The summed E-state index contributed by atoms with van der Waals surface area (Å²) in [6.45, 7) is 7.90. The Morgan fingerprint density at radius 3 is 2.12 bits per heavy atom. The highest BCUT2D eigenvalue weighted by Gasteiger charge is 2.07. The van der Waals surface area contributed by atoms with Crippen molar-refractivity contribution in [1.82, 2.24) is 0 Å². The molecule has 0 radical (unpaired) electrons. The van der Waals surface area contributed by atoms with Crippen molar-refractivity contribution in [1.29, 1.82) is 0 Å². The summed E-state index contributed by atoms with van der Waals surface area (Å²) in [5.41, 5.74) is 4.99. The number of rotatable bonds is 7. The Morgan fingerprint density at radius 2 is 1.62 bits per heavy atom. The monoisotopic (exact) mass is 229 g/mol. The van der Waals surface area contributed by atoms with Crippen LogP contribution in [0.3, 0.4) is 0 Å². The zero-order valence-electron chi connectivity index (χ0n) is 10.2. The van der Waals surface area contributed by atoms with Gasteiger partial charge in [0.05, 0.1) is 6.54 Å². The maximum Gasteiger partial charge on any atom is 0.327 e. The first kappa shape index (κ1) is 17.2. The molecule has 4 nitrogen and oxygen atoms in total. The van der Waals surface area contributed by atoms with Gasteiger partial charge in [-0.15, -0.1) is 13.2 Å². The fraction of sp³-hybridized carbons (Fsp3) is 0.667. The molecule has 0 rings (SSSR count). The van der Waals surface area contributed by atoms with Gasteiger partial charge in [-0.2, -0.15) is 0 Å². The van der Waals surface area contributed by atoms with Gasteiger partial charge in [0.15, 0.2) is 0 Å². The molecule has 0 aliphatic rings. The molecule has 0 heterocycles. The van der Waals surface area contributed by atoms with Gasteiger partial charge in [-0.1, -0.05) is 32.6 Å². The van der Waals surface area contributed by atoms with E-state index in [0.29, 0.717) is 6.42 Å². The Labute approximate surface area is 97.8 Å². The molecule has 0 unspecified atom stereocenters. The van der Waals surface area contributed by atoms with Crippen LogP contribution in [0.25, 0.3) is 0 Å². The molecule has 0 amide bonds. The van der Waals surface area contributed by atoms with E-state index in [-0.39, 0.29) is 6.54 Å². The van der Waals surface area contributed by atoms with Crippen LogP contribution in [0.4, 0.5) is 0 Å². The third-order valence-electron chi connectivity index (χ3n) is 1.88. The van der Waals surface area contributed by atoms with Crippen LogP contribution >= 0.6 is 0 Å². The summed E-state index contributed by atoms with van der Waals surface area (Å²) in [4.78, 5) is 21.5. The van der Waals surface area contributed by atoms with E-state index in [1.807, 2.05) is 0 Å². The topological polar surface area (TPSA) is 69.4 Å². The molecule has 0 aromatic carbocycles. The Hall–Kier alpha value is -1.16. The maximum atomic E-state index is 10.9. The Kier molecular flexibility index (Phi) is 14.9. The second-order valence-corrected chi connectivity index (χ2v) is 3.21. The van der Waals surface area contributed by atoms with E-state index in [1.165, 1.54) is 12.8 Å². The fourth-order valence-corrected chi connectivity index (χ4v) is 1.09. The first-order valence-corrected chi connectivity index (χ1v) is 5.64. The third-order valence-corrected chi connectivity index (χ3v) is 1.88. The second kappa shape index (κ2) is 13.8. The number of ether oxygens (including phenoxy) is 1. The Morgan fingerprint density at radius 1 is 1.06 bits per heavy atom. The zero-order chi connectivity index (χ0) is 12.8. The fourth-order valence-electron chi connectivity index (χ4n) is 1.09. The van der Waals surface area contributed by atoms with E-state index in [9.17, 15) is 9.59 Å². The highest BCUT2D eigenvalue weighted by Crippen LogP contribution is 2.05. The first-order valence-electron chi connectivity index (χ1n) is 5.64. The summed E-state index contributed by atoms with van der Waals surface area (Å²) >= 11 is 0. The normalized spacial score (nSPS) is 8.88. The van der Waals surface area contributed by atoms with E-state index >= 15 is 0 Å². The average Bonchev–Trinajstić information content (AvgIpc) is 2.31. The standard InChI is InChI=1S/C10H19NO3.C2H4/c1-2-3-4-5-6-7-9(12)14-10(13)8-11;1-2/h2-8,11H2,1H3;1-2H2. The van der Waals surface area contributed by atoms with Gasteiger partial charge in [0.2, 0.25) is 0 Å². The van der Waals surface area contributed by atoms with Gasteiger partial charge in [0, 0.05) is 6.42 Å². The largest absolute Gasteiger partial charge is 0.392 e. The van der Waals surface area contributed by atoms with Crippen LogP contribution < -0.4 is 5.73 Å². The Bertz CT molecular complexity index is 193. The smallest absolute Gasteiger partial charge is 0.327 e. The molecule has 0 aliphatic heterocycles. The SMILES string of the molecule is C=C.CCCCCCCC(=O)OC(=O)CN. The first-order chi connectivity index (χ1) is 7.70. The molecule has 4 heteroatoms.